The summed E-state index contributed by atoms with van der Waals surface area (Å²) in [5, 5.41) is 4.70. The van der Waals surface area contributed by atoms with Crippen LogP contribution in [0.1, 0.15) is 0 Å². The maximum Gasteiger partial charge on any atom is 0.135 e. The van der Waals surface area contributed by atoms with Crippen LogP contribution in [0.5, 0.6) is 0 Å². The first-order chi connectivity index (χ1) is 23.8. The van der Waals surface area contributed by atoms with Gasteiger partial charge in [-0.15, -0.1) is 0 Å². The van der Waals surface area contributed by atoms with Crippen LogP contribution in [0.2, 0.25) is 0 Å². The second kappa shape index (κ2) is 11.8. The van der Waals surface area contributed by atoms with E-state index in [1.807, 2.05) is 12.1 Å². The lowest BCUT2D eigenvalue weighted by Gasteiger charge is -2.30. The summed E-state index contributed by atoms with van der Waals surface area (Å²) in [5.74, 6) is 0. The first-order valence-electron chi connectivity index (χ1n) is 16.4. The van der Waals surface area contributed by atoms with Gasteiger partial charge in [0.05, 0.1) is 11.4 Å². The molecule has 1 aromatic heterocycles. The largest absolute Gasteiger partial charge is 0.456 e. The van der Waals surface area contributed by atoms with Crippen molar-refractivity contribution < 1.29 is 4.42 Å². The first-order valence-corrected chi connectivity index (χ1v) is 16.4. The maximum absolute atomic E-state index is 6.20. The quantitative estimate of drug-likeness (QED) is 0.185. The third kappa shape index (κ3) is 4.83. The zero-order valence-electron chi connectivity index (χ0n) is 26.3. The molecule has 9 aromatic rings. The van der Waals surface area contributed by atoms with Crippen molar-refractivity contribution in [3.8, 4) is 33.4 Å². The van der Waals surface area contributed by atoms with E-state index in [1.165, 1.54) is 33.0 Å². The second-order valence-corrected chi connectivity index (χ2v) is 12.1. The number of nitrogens with zero attached hydrogens (tertiary/aromatic N) is 1. The summed E-state index contributed by atoms with van der Waals surface area (Å²) < 4.78 is 6.20. The molecule has 0 saturated heterocycles. The van der Waals surface area contributed by atoms with E-state index in [0.29, 0.717) is 0 Å². The highest BCUT2D eigenvalue weighted by Gasteiger charge is 2.21. The van der Waals surface area contributed by atoms with Crippen LogP contribution in [-0.4, -0.2) is 0 Å². The van der Waals surface area contributed by atoms with Gasteiger partial charge < -0.3 is 9.32 Å². The number of fused-ring (bicyclic) bond motifs is 4. The van der Waals surface area contributed by atoms with E-state index in [0.717, 1.165) is 50.1 Å². The SMILES string of the molecule is c1ccc(-c2ccc(N(c3ccccc3-c3ccc4oc5ccccc5c4c3)c3ccccc3-c3cccc4ccccc34)cc2)cc1. The van der Waals surface area contributed by atoms with Crippen LogP contribution in [0, 0.1) is 0 Å². The summed E-state index contributed by atoms with van der Waals surface area (Å²) in [6.07, 6.45) is 0. The predicted molar refractivity (Wildman–Crippen MR) is 202 cm³/mol. The fraction of sp³-hybridized carbons (Fsp3) is 0. The van der Waals surface area contributed by atoms with Crippen LogP contribution in [0.4, 0.5) is 17.1 Å². The molecule has 9 rings (SSSR count). The Labute approximate surface area is 279 Å². The van der Waals surface area contributed by atoms with Crippen molar-refractivity contribution in [3.63, 3.8) is 0 Å². The van der Waals surface area contributed by atoms with Gasteiger partial charge in [0, 0.05) is 27.6 Å². The highest BCUT2D eigenvalue weighted by Crippen LogP contribution is 2.46. The summed E-state index contributed by atoms with van der Waals surface area (Å²) in [4.78, 5) is 2.42. The molecule has 0 fully saturated rings. The van der Waals surface area contributed by atoms with Gasteiger partial charge in [0.2, 0.25) is 0 Å². The number of hydrogen-bond acceptors (Lipinski definition) is 2. The monoisotopic (exact) mass is 613 g/mol. The number of furan rings is 1. The second-order valence-electron chi connectivity index (χ2n) is 12.1. The summed E-state index contributed by atoms with van der Waals surface area (Å²) in [6, 6.07) is 67.0. The number of rotatable bonds is 6. The van der Waals surface area contributed by atoms with Crippen LogP contribution in [-0.2, 0) is 0 Å². The van der Waals surface area contributed by atoms with E-state index >= 15 is 0 Å². The number of benzene rings is 8. The number of hydrogen-bond donors (Lipinski definition) is 0. The molecule has 0 N–H and O–H groups in total. The molecule has 0 aliphatic carbocycles. The van der Waals surface area contributed by atoms with E-state index < -0.39 is 0 Å². The van der Waals surface area contributed by atoms with Gasteiger partial charge in [-0.05, 0) is 75.5 Å². The molecule has 0 aliphatic heterocycles. The third-order valence-corrected chi connectivity index (χ3v) is 9.29. The van der Waals surface area contributed by atoms with E-state index in [2.05, 4.69) is 181 Å². The smallest absolute Gasteiger partial charge is 0.135 e. The molecule has 0 atom stereocenters. The van der Waals surface area contributed by atoms with E-state index in [1.54, 1.807) is 0 Å². The van der Waals surface area contributed by atoms with Crippen molar-refractivity contribution in [2.75, 3.05) is 4.90 Å². The average molecular weight is 614 g/mol. The molecule has 0 saturated carbocycles. The minimum atomic E-state index is 0.895. The van der Waals surface area contributed by atoms with Crippen LogP contribution in [0.25, 0.3) is 66.1 Å². The van der Waals surface area contributed by atoms with Crippen molar-refractivity contribution in [2.24, 2.45) is 0 Å². The maximum atomic E-state index is 6.20. The Kier molecular flexibility index (Phi) is 6.84. The van der Waals surface area contributed by atoms with Crippen LogP contribution in [0.15, 0.2) is 192 Å². The fourth-order valence-electron chi connectivity index (χ4n) is 7.00. The fourth-order valence-corrected chi connectivity index (χ4v) is 7.00. The molecular weight excluding hydrogens is 583 g/mol. The Morgan fingerprint density at radius 3 is 1.73 bits per heavy atom. The topological polar surface area (TPSA) is 16.4 Å². The molecule has 0 radical (unpaired) electrons. The van der Waals surface area contributed by atoms with Gasteiger partial charge >= 0.3 is 0 Å². The molecule has 226 valence electrons. The number of anilines is 3. The summed E-state index contributed by atoms with van der Waals surface area (Å²) >= 11 is 0. The zero-order chi connectivity index (χ0) is 31.9. The minimum absolute atomic E-state index is 0.895. The van der Waals surface area contributed by atoms with Gasteiger partial charge in [-0.25, -0.2) is 0 Å². The molecule has 0 amide bonds. The first kappa shape index (κ1) is 27.9. The van der Waals surface area contributed by atoms with Crippen LogP contribution < -0.4 is 4.90 Å². The van der Waals surface area contributed by atoms with Gasteiger partial charge in [-0.3, -0.25) is 0 Å². The van der Waals surface area contributed by atoms with Crippen molar-refractivity contribution in [3.05, 3.63) is 188 Å². The van der Waals surface area contributed by atoms with Gasteiger partial charge in [0.1, 0.15) is 11.2 Å². The molecule has 0 unspecified atom stereocenters. The van der Waals surface area contributed by atoms with Gasteiger partial charge in [-0.2, -0.15) is 0 Å². The van der Waals surface area contributed by atoms with E-state index in [4.69, 9.17) is 4.42 Å². The Morgan fingerprint density at radius 2 is 0.896 bits per heavy atom. The Morgan fingerprint density at radius 1 is 0.333 bits per heavy atom. The molecule has 2 nitrogen and oxygen atoms in total. The van der Waals surface area contributed by atoms with Crippen LogP contribution in [0.3, 0.4) is 0 Å². The van der Waals surface area contributed by atoms with Gasteiger partial charge in [0.25, 0.3) is 0 Å². The Bertz CT molecular complexity index is 2560. The summed E-state index contributed by atoms with van der Waals surface area (Å²) in [5.41, 5.74) is 12.2. The normalized spacial score (nSPS) is 11.3. The molecule has 1 heterocycles. The van der Waals surface area contributed by atoms with Crippen molar-refractivity contribution >= 4 is 49.8 Å². The standard InChI is InChI=1S/C46H31NO/c1-2-13-32(14-3-1)33-25-28-36(29-26-33)47(44-23-10-7-19-40(44)39-21-12-16-34-15-4-5-17-37(34)39)43-22-9-6-18-38(43)35-27-30-46-42(31-35)41-20-8-11-24-45(41)48-46/h1-31H. The molecule has 0 aliphatic rings. The van der Waals surface area contributed by atoms with Crippen molar-refractivity contribution in [2.45, 2.75) is 0 Å². The van der Waals surface area contributed by atoms with E-state index in [-0.39, 0.29) is 0 Å². The average Bonchev–Trinajstić information content (AvgIpc) is 3.54. The molecular formula is C46H31NO. The molecule has 0 bridgehead atoms. The minimum Gasteiger partial charge on any atom is -0.456 e. The molecule has 48 heavy (non-hydrogen) atoms. The summed E-state index contributed by atoms with van der Waals surface area (Å²) in [7, 11) is 0. The summed E-state index contributed by atoms with van der Waals surface area (Å²) in [6.45, 7) is 0. The van der Waals surface area contributed by atoms with Gasteiger partial charge in [0.15, 0.2) is 0 Å². The Hall–Kier alpha value is -6.38. The van der Waals surface area contributed by atoms with E-state index in [9.17, 15) is 0 Å². The lowest BCUT2D eigenvalue weighted by molar-refractivity contribution is 0.669. The molecule has 2 heteroatoms. The zero-order valence-corrected chi connectivity index (χ0v) is 26.3. The highest BCUT2D eigenvalue weighted by atomic mass is 16.3. The van der Waals surface area contributed by atoms with Crippen molar-refractivity contribution in [1.29, 1.82) is 0 Å². The highest BCUT2D eigenvalue weighted by molar-refractivity contribution is 6.07. The van der Waals surface area contributed by atoms with Gasteiger partial charge in [-0.1, -0.05) is 146 Å². The third-order valence-electron chi connectivity index (χ3n) is 9.29. The molecule has 8 aromatic carbocycles. The lowest BCUT2D eigenvalue weighted by atomic mass is 9.95. The number of para-hydroxylation sites is 3. The Balaban J connectivity index is 1.27. The predicted octanol–water partition coefficient (Wildman–Crippen LogP) is 13.2. The molecule has 0 spiro atoms. The van der Waals surface area contributed by atoms with Crippen molar-refractivity contribution in [1.82, 2.24) is 0 Å². The lowest BCUT2D eigenvalue weighted by Crippen LogP contribution is -2.12. The van der Waals surface area contributed by atoms with Crippen LogP contribution >= 0.6 is 0 Å².